The number of rotatable bonds is 3. The number of likely N-dealkylation sites (tertiary alicyclic amines) is 1. The Labute approximate surface area is 143 Å². The molecule has 24 heavy (non-hydrogen) atoms. The van der Waals surface area contributed by atoms with E-state index in [1.54, 1.807) is 4.90 Å². The third-order valence-corrected chi connectivity index (χ3v) is 4.86. The summed E-state index contributed by atoms with van der Waals surface area (Å²) in [6.45, 7) is 3.52. The van der Waals surface area contributed by atoms with E-state index < -0.39 is 0 Å². The number of benzene rings is 1. The van der Waals surface area contributed by atoms with E-state index in [0.29, 0.717) is 26.2 Å². The molecule has 2 saturated heterocycles. The van der Waals surface area contributed by atoms with Crippen LogP contribution in [0.4, 0.5) is 4.79 Å². The van der Waals surface area contributed by atoms with E-state index in [2.05, 4.69) is 4.90 Å². The van der Waals surface area contributed by atoms with Crippen molar-refractivity contribution in [1.82, 2.24) is 14.7 Å². The van der Waals surface area contributed by atoms with Crippen LogP contribution in [0.2, 0.25) is 0 Å². The number of carbonyl (C=O) groups is 2. The molecule has 6 heteroatoms. The number of likely N-dealkylation sites (N-methyl/N-ethyl adjacent to an activating group) is 1. The summed E-state index contributed by atoms with van der Waals surface area (Å²) < 4.78 is 5.36. The molecular weight excluding hydrogens is 306 g/mol. The summed E-state index contributed by atoms with van der Waals surface area (Å²) in [5, 5.41) is 0. The number of amides is 2. The fourth-order valence-corrected chi connectivity index (χ4v) is 3.35. The van der Waals surface area contributed by atoms with Crippen molar-refractivity contribution in [2.24, 2.45) is 0 Å². The minimum absolute atomic E-state index is 0.0154. The van der Waals surface area contributed by atoms with E-state index in [1.807, 2.05) is 42.3 Å². The molecule has 0 aromatic heterocycles. The van der Waals surface area contributed by atoms with Crippen molar-refractivity contribution in [1.29, 1.82) is 0 Å². The lowest BCUT2D eigenvalue weighted by Crippen LogP contribution is -2.54. The Kier molecular flexibility index (Phi) is 5.35. The van der Waals surface area contributed by atoms with Crippen LogP contribution >= 0.6 is 0 Å². The topological polar surface area (TPSA) is 53.1 Å². The Bertz CT molecular complexity index is 570. The molecule has 2 aliphatic heterocycles. The van der Waals surface area contributed by atoms with Crippen LogP contribution in [0.5, 0.6) is 0 Å². The molecule has 2 heterocycles. The van der Waals surface area contributed by atoms with Crippen LogP contribution in [0.15, 0.2) is 30.3 Å². The lowest BCUT2D eigenvalue weighted by Gasteiger charge is -2.36. The van der Waals surface area contributed by atoms with Crippen LogP contribution in [0.3, 0.4) is 0 Å². The quantitative estimate of drug-likeness (QED) is 0.843. The second kappa shape index (κ2) is 7.66. The van der Waals surface area contributed by atoms with Crippen molar-refractivity contribution in [3.63, 3.8) is 0 Å². The van der Waals surface area contributed by atoms with Gasteiger partial charge in [-0.3, -0.25) is 9.69 Å². The third-order valence-electron chi connectivity index (χ3n) is 4.86. The molecule has 2 fully saturated rings. The van der Waals surface area contributed by atoms with Crippen molar-refractivity contribution in [3.8, 4) is 0 Å². The molecule has 2 aliphatic rings. The molecule has 0 bridgehead atoms. The maximum atomic E-state index is 12.5. The van der Waals surface area contributed by atoms with Crippen LogP contribution < -0.4 is 0 Å². The Hall–Kier alpha value is -2.08. The second-order valence-electron chi connectivity index (χ2n) is 6.49. The average Bonchev–Trinajstić information content (AvgIpc) is 3.06. The van der Waals surface area contributed by atoms with Gasteiger partial charge in [0.15, 0.2) is 0 Å². The van der Waals surface area contributed by atoms with Gasteiger partial charge in [0.25, 0.3) is 0 Å². The smallest absolute Gasteiger partial charge is 0.410 e. The number of nitrogens with zero attached hydrogens (tertiary/aromatic N) is 3. The summed E-state index contributed by atoms with van der Waals surface area (Å²) >= 11 is 0. The van der Waals surface area contributed by atoms with Gasteiger partial charge in [-0.05, 0) is 32.0 Å². The summed E-state index contributed by atoms with van der Waals surface area (Å²) in [7, 11) is 2.01. The highest BCUT2D eigenvalue weighted by Gasteiger charge is 2.33. The summed E-state index contributed by atoms with van der Waals surface area (Å²) in [6.07, 6.45) is 1.72. The van der Waals surface area contributed by atoms with Gasteiger partial charge >= 0.3 is 6.09 Å². The van der Waals surface area contributed by atoms with Crippen molar-refractivity contribution in [3.05, 3.63) is 35.9 Å². The van der Waals surface area contributed by atoms with Crippen LogP contribution in [-0.2, 0) is 16.1 Å². The molecule has 0 spiro atoms. The Morgan fingerprint density at radius 1 is 1.04 bits per heavy atom. The third kappa shape index (κ3) is 3.87. The van der Waals surface area contributed by atoms with E-state index in [1.165, 1.54) is 0 Å². The molecule has 0 saturated carbocycles. The highest BCUT2D eigenvalue weighted by molar-refractivity contribution is 5.82. The largest absolute Gasteiger partial charge is 0.445 e. The molecule has 130 valence electrons. The second-order valence-corrected chi connectivity index (χ2v) is 6.49. The van der Waals surface area contributed by atoms with E-state index in [4.69, 9.17) is 4.74 Å². The zero-order valence-corrected chi connectivity index (χ0v) is 14.2. The van der Waals surface area contributed by atoms with Crippen LogP contribution in [0.25, 0.3) is 0 Å². The highest BCUT2D eigenvalue weighted by atomic mass is 16.6. The minimum atomic E-state index is -0.302. The van der Waals surface area contributed by atoms with E-state index in [9.17, 15) is 9.59 Å². The molecular formula is C18H25N3O3. The molecule has 6 nitrogen and oxygen atoms in total. The fourth-order valence-electron chi connectivity index (χ4n) is 3.35. The van der Waals surface area contributed by atoms with Crippen molar-refractivity contribution < 1.29 is 14.3 Å². The molecule has 3 rings (SSSR count). The number of ether oxygens (including phenoxy) is 1. The van der Waals surface area contributed by atoms with Gasteiger partial charge in [0.2, 0.25) is 5.91 Å². The summed E-state index contributed by atoms with van der Waals surface area (Å²) in [6, 6.07) is 9.66. The fraction of sp³-hybridized carbons (Fsp3) is 0.556. The van der Waals surface area contributed by atoms with Crippen LogP contribution in [0.1, 0.15) is 18.4 Å². The number of carbonyl (C=O) groups excluding carboxylic acids is 2. The van der Waals surface area contributed by atoms with Crippen LogP contribution in [-0.4, -0.2) is 72.5 Å². The molecule has 2 amide bonds. The first-order valence-corrected chi connectivity index (χ1v) is 8.60. The Morgan fingerprint density at radius 2 is 1.71 bits per heavy atom. The van der Waals surface area contributed by atoms with Gasteiger partial charge in [0.1, 0.15) is 6.61 Å². The maximum Gasteiger partial charge on any atom is 0.410 e. The average molecular weight is 331 g/mol. The van der Waals surface area contributed by atoms with Crippen LogP contribution in [0, 0.1) is 0 Å². The number of hydrogen-bond acceptors (Lipinski definition) is 4. The van der Waals surface area contributed by atoms with Crippen molar-refractivity contribution in [2.45, 2.75) is 25.5 Å². The summed E-state index contributed by atoms with van der Waals surface area (Å²) in [5.74, 6) is 0.201. The van der Waals surface area contributed by atoms with Gasteiger partial charge in [-0.1, -0.05) is 30.3 Å². The first kappa shape index (κ1) is 16.8. The summed E-state index contributed by atoms with van der Waals surface area (Å²) in [4.78, 5) is 30.4. The van der Waals surface area contributed by atoms with Crippen molar-refractivity contribution >= 4 is 12.0 Å². The van der Waals surface area contributed by atoms with Crippen molar-refractivity contribution in [2.75, 3.05) is 39.8 Å². The molecule has 1 unspecified atom stereocenters. The maximum absolute atomic E-state index is 12.5. The van der Waals surface area contributed by atoms with Gasteiger partial charge in [-0.15, -0.1) is 0 Å². The molecule has 0 N–H and O–H groups in total. The Morgan fingerprint density at radius 3 is 2.33 bits per heavy atom. The van der Waals surface area contributed by atoms with Gasteiger partial charge in [-0.25, -0.2) is 4.79 Å². The lowest BCUT2D eigenvalue weighted by molar-refractivity contribution is -0.137. The predicted octanol–water partition coefficient (Wildman–Crippen LogP) is 1.56. The van der Waals surface area contributed by atoms with Gasteiger partial charge < -0.3 is 14.5 Å². The number of hydrogen-bond donors (Lipinski definition) is 0. The zero-order chi connectivity index (χ0) is 16.9. The van der Waals surface area contributed by atoms with Gasteiger partial charge in [0.05, 0.1) is 6.04 Å². The molecule has 0 aliphatic carbocycles. The first-order valence-electron chi connectivity index (χ1n) is 8.60. The predicted molar refractivity (Wildman–Crippen MR) is 90.4 cm³/mol. The SMILES string of the molecule is CN1CCCC1C(=O)N1CCN(C(=O)OCc2ccccc2)CC1. The monoisotopic (exact) mass is 331 g/mol. The molecule has 1 atom stereocenters. The van der Waals surface area contributed by atoms with E-state index >= 15 is 0 Å². The van der Waals surface area contributed by atoms with E-state index in [-0.39, 0.29) is 24.6 Å². The zero-order valence-electron chi connectivity index (χ0n) is 14.2. The lowest BCUT2D eigenvalue weighted by atomic mass is 10.2. The van der Waals surface area contributed by atoms with E-state index in [0.717, 1.165) is 24.9 Å². The first-order chi connectivity index (χ1) is 11.6. The Balaban J connectivity index is 1.44. The number of piperazine rings is 1. The standard InChI is InChI=1S/C18H25N3O3/c1-19-9-5-8-16(19)17(22)20-10-12-21(13-11-20)18(23)24-14-15-6-3-2-4-7-15/h2-4,6-7,16H,5,8-14H2,1H3. The van der Waals surface area contributed by atoms with Gasteiger partial charge in [0, 0.05) is 26.2 Å². The molecule has 0 radical (unpaired) electrons. The normalized spacial score (nSPS) is 21.8. The summed E-state index contributed by atoms with van der Waals surface area (Å²) in [5.41, 5.74) is 0.976. The minimum Gasteiger partial charge on any atom is -0.445 e. The highest BCUT2D eigenvalue weighted by Crippen LogP contribution is 2.18. The molecule has 1 aromatic carbocycles. The van der Waals surface area contributed by atoms with Gasteiger partial charge in [-0.2, -0.15) is 0 Å². The molecule has 1 aromatic rings.